The summed E-state index contributed by atoms with van der Waals surface area (Å²) in [6, 6.07) is 12.4. The normalized spacial score (nSPS) is 12.8. The lowest BCUT2D eigenvalue weighted by Gasteiger charge is -2.13. The Hall–Kier alpha value is -2.93. The maximum atomic E-state index is 12.4. The molecule has 1 aliphatic carbocycles. The van der Waals surface area contributed by atoms with Gasteiger partial charge in [-0.1, -0.05) is 12.1 Å². The van der Waals surface area contributed by atoms with Crippen LogP contribution < -0.4 is 20.7 Å². The number of thiocarbonyl (C=S) groups is 1. The fraction of sp³-hybridized carbons (Fsp3) is 0.286. The summed E-state index contributed by atoms with van der Waals surface area (Å²) in [6.45, 7) is 4.34. The highest BCUT2D eigenvalue weighted by atomic mass is 32.1. The van der Waals surface area contributed by atoms with E-state index in [9.17, 15) is 9.59 Å². The van der Waals surface area contributed by atoms with Crippen molar-refractivity contribution in [3.05, 3.63) is 53.6 Å². The third-order valence-electron chi connectivity index (χ3n) is 4.34. The summed E-state index contributed by atoms with van der Waals surface area (Å²) in [5, 5.41) is 8.76. The van der Waals surface area contributed by atoms with Gasteiger partial charge in [0.25, 0.3) is 5.91 Å². The average molecular weight is 398 g/mol. The quantitative estimate of drug-likeness (QED) is 0.645. The van der Waals surface area contributed by atoms with Gasteiger partial charge in [0.1, 0.15) is 5.75 Å². The Bertz CT molecular complexity index is 910. The molecule has 1 aliphatic rings. The van der Waals surface area contributed by atoms with Crippen molar-refractivity contribution in [1.82, 2.24) is 5.32 Å². The third kappa shape index (κ3) is 5.29. The highest BCUT2D eigenvalue weighted by molar-refractivity contribution is 7.80. The van der Waals surface area contributed by atoms with Crippen LogP contribution >= 0.6 is 12.2 Å². The summed E-state index contributed by atoms with van der Waals surface area (Å²) in [6.07, 6.45) is 1.90. The number of carbonyl (C=O) groups is 2. The van der Waals surface area contributed by atoms with Crippen molar-refractivity contribution < 1.29 is 14.3 Å². The lowest BCUT2D eigenvalue weighted by Crippen LogP contribution is -2.34. The molecule has 1 saturated carbocycles. The number of carbonyl (C=O) groups excluding carboxylic acids is 2. The fourth-order valence-electron chi connectivity index (χ4n) is 2.65. The number of ether oxygens (including phenoxy) is 1. The maximum Gasteiger partial charge on any atom is 0.257 e. The van der Waals surface area contributed by atoms with Gasteiger partial charge < -0.3 is 15.4 Å². The van der Waals surface area contributed by atoms with E-state index in [0.717, 1.165) is 24.1 Å². The van der Waals surface area contributed by atoms with Crippen LogP contribution in [0.25, 0.3) is 0 Å². The summed E-state index contributed by atoms with van der Waals surface area (Å²) >= 11 is 5.25. The van der Waals surface area contributed by atoms with Crippen LogP contribution in [0.3, 0.4) is 0 Å². The topological polar surface area (TPSA) is 79.5 Å². The van der Waals surface area contributed by atoms with E-state index in [1.54, 1.807) is 24.3 Å². The molecular formula is C21H23N3O3S. The zero-order valence-corrected chi connectivity index (χ0v) is 16.7. The van der Waals surface area contributed by atoms with Crippen LogP contribution in [-0.4, -0.2) is 23.5 Å². The van der Waals surface area contributed by atoms with Crippen molar-refractivity contribution in [2.24, 2.45) is 5.92 Å². The molecule has 0 saturated heterocycles. The number of aryl methyl sites for hydroxylation is 1. The molecule has 28 heavy (non-hydrogen) atoms. The number of rotatable bonds is 6. The lowest BCUT2D eigenvalue weighted by atomic mass is 10.1. The second-order valence-electron chi connectivity index (χ2n) is 6.66. The second kappa shape index (κ2) is 8.84. The SMILES string of the molecule is CCOc1cccc(C(=O)NC(=S)Nc2ccc(C)c(NC(=O)C3CC3)c2)c1. The molecule has 146 valence electrons. The molecule has 2 aromatic rings. The van der Waals surface area contributed by atoms with E-state index < -0.39 is 0 Å². The molecule has 0 heterocycles. The molecule has 0 atom stereocenters. The average Bonchev–Trinajstić information content (AvgIpc) is 3.50. The van der Waals surface area contributed by atoms with Crippen LogP contribution in [0, 0.1) is 12.8 Å². The Labute approximate surface area is 169 Å². The molecule has 0 unspecified atom stereocenters. The molecule has 3 N–H and O–H groups in total. The molecule has 6 nitrogen and oxygen atoms in total. The molecule has 2 amide bonds. The molecule has 0 aromatic heterocycles. The third-order valence-corrected chi connectivity index (χ3v) is 4.54. The minimum Gasteiger partial charge on any atom is -0.494 e. The summed E-state index contributed by atoms with van der Waals surface area (Å²) < 4.78 is 5.41. The predicted octanol–water partition coefficient (Wildman–Crippen LogP) is 3.87. The standard InChI is InChI=1S/C21H23N3O3S/c1-3-27-17-6-4-5-15(11-17)20(26)24-21(28)22-16-10-7-13(2)18(12-16)23-19(25)14-8-9-14/h4-7,10-12,14H,3,8-9H2,1-2H3,(H,23,25)(H2,22,24,26,28). The summed E-state index contributed by atoms with van der Waals surface area (Å²) in [5.41, 5.74) is 2.84. The van der Waals surface area contributed by atoms with Gasteiger partial charge in [-0.25, -0.2) is 0 Å². The first-order chi connectivity index (χ1) is 13.5. The van der Waals surface area contributed by atoms with Gasteiger partial charge in [-0.05, 0) is 74.8 Å². The maximum absolute atomic E-state index is 12.4. The minimum absolute atomic E-state index is 0.0466. The van der Waals surface area contributed by atoms with E-state index in [4.69, 9.17) is 17.0 Å². The van der Waals surface area contributed by atoms with Gasteiger partial charge in [0.15, 0.2) is 5.11 Å². The Morgan fingerprint density at radius 3 is 2.64 bits per heavy atom. The monoisotopic (exact) mass is 397 g/mol. The Balaban J connectivity index is 1.61. The number of hydrogen-bond donors (Lipinski definition) is 3. The molecule has 0 aliphatic heterocycles. The van der Waals surface area contributed by atoms with Gasteiger partial charge in [0.2, 0.25) is 5.91 Å². The lowest BCUT2D eigenvalue weighted by molar-refractivity contribution is -0.117. The summed E-state index contributed by atoms with van der Waals surface area (Å²) in [7, 11) is 0. The minimum atomic E-state index is -0.326. The Morgan fingerprint density at radius 2 is 1.93 bits per heavy atom. The smallest absolute Gasteiger partial charge is 0.257 e. The van der Waals surface area contributed by atoms with Crippen LogP contribution in [0.2, 0.25) is 0 Å². The van der Waals surface area contributed by atoms with Gasteiger partial charge in [-0.3, -0.25) is 14.9 Å². The molecule has 0 bridgehead atoms. The van der Waals surface area contributed by atoms with Crippen molar-refractivity contribution in [3.63, 3.8) is 0 Å². The number of nitrogens with one attached hydrogen (secondary N) is 3. The van der Waals surface area contributed by atoms with E-state index >= 15 is 0 Å². The molecular weight excluding hydrogens is 374 g/mol. The van der Waals surface area contributed by atoms with Crippen LogP contribution in [0.4, 0.5) is 11.4 Å². The largest absolute Gasteiger partial charge is 0.494 e. The predicted molar refractivity (Wildman–Crippen MR) is 114 cm³/mol. The fourth-order valence-corrected chi connectivity index (χ4v) is 2.86. The van der Waals surface area contributed by atoms with Crippen LogP contribution in [0.1, 0.15) is 35.7 Å². The van der Waals surface area contributed by atoms with Crippen molar-refractivity contribution in [1.29, 1.82) is 0 Å². The van der Waals surface area contributed by atoms with Gasteiger partial charge in [0, 0.05) is 22.9 Å². The van der Waals surface area contributed by atoms with Gasteiger partial charge in [-0.15, -0.1) is 0 Å². The van der Waals surface area contributed by atoms with Crippen LogP contribution in [-0.2, 0) is 4.79 Å². The number of hydrogen-bond acceptors (Lipinski definition) is 4. The highest BCUT2D eigenvalue weighted by Gasteiger charge is 2.29. The van der Waals surface area contributed by atoms with Crippen molar-refractivity contribution in [3.8, 4) is 5.75 Å². The van der Waals surface area contributed by atoms with E-state index in [1.807, 2.05) is 32.0 Å². The first-order valence-electron chi connectivity index (χ1n) is 9.23. The van der Waals surface area contributed by atoms with E-state index in [2.05, 4.69) is 16.0 Å². The van der Waals surface area contributed by atoms with E-state index in [1.165, 1.54) is 0 Å². The molecule has 3 rings (SSSR count). The summed E-state index contributed by atoms with van der Waals surface area (Å²) in [4.78, 5) is 24.4. The molecule has 1 fully saturated rings. The van der Waals surface area contributed by atoms with Gasteiger partial charge >= 0.3 is 0 Å². The number of anilines is 2. The summed E-state index contributed by atoms with van der Waals surface area (Å²) in [5.74, 6) is 0.478. The van der Waals surface area contributed by atoms with E-state index in [-0.39, 0.29) is 22.8 Å². The zero-order chi connectivity index (χ0) is 20.1. The number of amides is 2. The van der Waals surface area contributed by atoms with Gasteiger partial charge in [0.05, 0.1) is 6.61 Å². The Kier molecular flexibility index (Phi) is 6.26. The van der Waals surface area contributed by atoms with Crippen molar-refractivity contribution in [2.45, 2.75) is 26.7 Å². The van der Waals surface area contributed by atoms with E-state index in [0.29, 0.717) is 23.6 Å². The highest BCUT2D eigenvalue weighted by Crippen LogP contribution is 2.31. The van der Waals surface area contributed by atoms with Crippen molar-refractivity contribution in [2.75, 3.05) is 17.2 Å². The first-order valence-corrected chi connectivity index (χ1v) is 9.64. The Morgan fingerprint density at radius 1 is 1.14 bits per heavy atom. The van der Waals surface area contributed by atoms with Crippen molar-refractivity contribution >= 4 is 40.5 Å². The zero-order valence-electron chi connectivity index (χ0n) is 15.9. The second-order valence-corrected chi connectivity index (χ2v) is 7.07. The van der Waals surface area contributed by atoms with Crippen LogP contribution in [0.15, 0.2) is 42.5 Å². The van der Waals surface area contributed by atoms with Crippen LogP contribution in [0.5, 0.6) is 5.75 Å². The molecule has 0 radical (unpaired) electrons. The number of benzene rings is 2. The molecule has 7 heteroatoms. The molecule has 0 spiro atoms. The molecule has 2 aromatic carbocycles. The van der Waals surface area contributed by atoms with Gasteiger partial charge in [-0.2, -0.15) is 0 Å². The first kappa shape index (κ1) is 19.8.